The second-order valence-corrected chi connectivity index (χ2v) is 16.8. The van der Waals surface area contributed by atoms with Gasteiger partial charge < -0.3 is 32.1 Å². The maximum absolute atomic E-state index is 9.48. The van der Waals surface area contributed by atoms with Crippen LogP contribution in [0.3, 0.4) is 0 Å². The van der Waals surface area contributed by atoms with E-state index in [1.165, 1.54) is 12.7 Å². The molecule has 2 saturated heterocycles. The third-order valence-corrected chi connectivity index (χ3v) is 10.9. The minimum Gasteiger partial charge on any atom is -0.375 e. The van der Waals surface area contributed by atoms with Crippen molar-refractivity contribution in [1.29, 1.82) is 10.5 Å². The number of aromatic nitrogens is 3. The van der Waals surface area contributed by atoms with E-state index in [0.29, 0.717) is 26.1 Å². The lowest BCUT2D eigenvalue weighted by atomic mass is 9.88. The lowest BCUT2D eigenvalue weighted by molar-refractivity contribution is -0.0174. The van der Waals surface area contributed by atoms with E-state index in [2.05, 4.69) is 22.2 Å². The van der Waals surface area contributed by atoms with Crippen LogP contribution in [0.5, 0.6) is 0 Å². The topological polar surface area (TPSA) is 143 Å². The van der Waals surface area contributed by atoms with Crippen LogP contribution in [0.1, 0.15) is 80.6 Å². The Bertz CT molecular complexity index is 1100. The molecule has 15 heteroatoms. The molecule has 12 nitrogen and oxygen atoms in total. The maximum atomic E-state index is 9.48. The number of nitriles is 2. The summed E-state index contributed by atoms with van der Waals surface area (Å²) in [5.41, 5.74) is -0.667. The molecular weight excluding hydrogens is 600 g/mol. The second kappa shape index (κ2) is 15.8. The second-order valence-electron chi connectivity index (χ2n) is 12.5. The average molecular weight is 646 g/mol. The van der Waals surface area contributed by atoms with Crippen LogP contribution >= 0.6 is 15.2 Å². The highest BCUT2D eigenvalue weighted by atomic mass is 32.5. The van der Waals surface area contributed by atoms with Crippen molar-refractivity contribution in [1.82, 2.24) is 14.5 Å². The smallest absolute Gasteiger partial charge is 0.327 e. The van der Waals surface area contributed by atoms with Gasteiger partial charge in [-0.2, -0.15) is 20.1 Å². The minimum absolute atomic E-state index is 0.0666. The monoisotopic (exact) mass is 645 g/mol. The minimum atomic E-state index is -3.34. The molecule has 1 aromatic heterocycles. The van der Waals surface area contributed by atoms with Crippen molar-refractivity contribution in [3.8, 4) is 12.1 Å². The van der Waals surface area contributed by atoms with Gasteiger partial charge in [-0.25, -0.2) is 4.98 Å². The number of rotatable bonds is 15. The summed E-state index contributed by atoms with van der Waals surface area (Å²) in [6, 6.07) is 4.42. The van der Waals surface area contributed by atoms with E-state index >= 15 is 0 Å². The SMILES string of the molecule is CCC1OCCC1OP(=S)(OCC1OCCC1OP(OC(CC#N)C(C)(C)C)n1cncn1)OC(CC#N)C(C)(C)C. The van der Waals surface area contributed by atoms with Crippen molar-refractivity contribution in [2.45, 2.75) is 117 Å². The van der Waals surface area contributed by atoms with Gasteiger partial charge in [0.2, 0.25) is 0 Å². The molecule has 3 heterocycles. The van der Waals surface area contributed by atoms with E-state index in [1.54, 1.807) is 4.45 Å². The Kier molecular flexibility index (Phi) is 13.3. The fourth-order valence-corrected chi connectivity index (χ4v) is 8.61. The van der Waals surface area contributed by atoms with Crippen molar-refractivity contribution < 1.29 is 32.1 Å². The van der Waals surface area contributed by atoms with E-state index in [-0.39, 0.29) is 42.5 Å². The summed E-state index contributed by atoms with van der Waals surface area (Å²) in [4.78, 5) is 4.06. The summed E-state index contributed by atoms with van der Waals surface area (Å²) in [5.74, 6) is 0. The highest BCUT2D eigenvalue weighted by molar-refractivity contribution is 8.07. The molecule has 0 bridgehead atoms. The first-order valence-corrected chi connectivity index (χ1v) is 18.0. The summed E-state index contributed by atoms with van der Waals surface area (Å²) in [6.07, 6.45) is 3.23. The highest BCUT2D eigenvalue weighted by Gasteiger charge is 2.42. The molecule has 2 fully saturated rings. The third kappa shape index (κ3) is 10.2. The Morgan fingerprint density at radius 1 is 1.02 bits per heavy atom. The summed E-state index contributed by atoms with van der Waals surface area (Å²) in [5, 5.41) is 23.1. The Labute approximate surface area is 256 Å². The van der Waals surface area contributed by atoms with Gasteiger partial charge in [0, 0.05) is 26.1 Å². The molecule has 42 heavy (non-hydrogen) atoms. The van der Waals surface area contributed by atoms with E-state index in [9.17, 15) is 10.5 Å². The van der Waals surface area contributed by atoms with Crippen molar-refractivity contribution in [3.63, 3.8) is 0 Å². The van der Waals surface area contributed by atoms with Crippen molar-refractivity contribution in [2.24, 2.45) is 10.8 Å². The molecule has 2 aliphatic heterocycles. The van der Waals surface area contributed by atoms with Crippen molar-refractivity contribution in [3.05, 3.63) is 12.7 Å². The molecule has 0 N–H and O–H groups in total. The quantitative estimate of drug-likeness (QED) is 0.205. The predicted molar refractivity (Wildman–Crippen MR) is 160 cm³/mol. The Balaban J connectivity index is 1.77. The molecule has 2 aliphatic rings. The van der Waals surface area contributed by atoms with Crippen LogP contribution in [0, 0.1) is 33.5 Å². The fraction of sp³-hybridized carbons (Fsp3) is 0.852. The predicted octanol–water partition coefficient (Wildman–Crippen LogP) is 6.04. The number of hydrogen-bond donors (Lipinski definition) is 0. The number of hydrogen-bond acceptors (Lipinski definition) is 12. The maximum Gasteiger partial charge on any atom is 0.327 e. The molecule has 3 rings (SSSR count). The molecule has 0 aromatic carbocycles. The van der Waals surface area contributed by atoms with Gasteiger partial charge >= 0.3 is 15.2 Å². The lowest BCUT2D eigenvalue weighted by Gasteiger charge is -2.36. The largest absolute Gasteiger partial charge is 0.375 e. The molecule has 0 saturated carbocycles. The summed E-state index contributed by atoms with van der Waals surface area (Å²) >= 11 is 5.96. The van der Waals surface area contributed by atoms with Crippen LogP contribution in [0.15, 0.2) is 12.7 Å². The third-order valence-electron chi connectivity index (χ3n) is 7.12. The Hall–Kier alpha value is -1.08. The van der Waals surface area contributed by atoms with E-state index < -0.39 is 39.7 Å². The number of nitrogens with zero attached hydrogens (tertiary/aromatic N) is 5. The van der Waals surface area contributed by atoms with Gasteiger partial charge in [0.15, 0.2) is 0 Å². The summed E-state index contributed by atoms with van der Waals surface area (Å²) in [7, 11) is -1.74. The zero-order valence-electron chi connectivity index (χ0n) is 25.7. The number of ether oxygens (including phenoxy) is 2. The van der Waals surface area contributed by atoms with Crippen LogP contribution in [-0.2, 0) is 43.9 Å². The lowest BCUT2D eigenvalue weighted by Crippen LogP contribution is -2.33. The average Bonchev–Trinajstić information content (AvgIpc) is 3.68. The summed E-state index contributed by atoms with van der Waals surface area (Å²) in [6.45, 7) is 11.8. The van der Waals surface area contributed by atoms with Gasteiger partial charge in [-0.05, 0) is 29.1 Å². The van der Waals surface area contributed by atoms with Gasteiger partial charge in [0.25, 0.3) is 0 Å². The molecule has 0 spiro atoms. The van der Waals surface area contributed by atoms with Crippen molar-refractivity contribution in [2.75, 3.05) is 19.8 Å². The van der Waals surface area contributed by atoms with Gasteiger partial charge in [-0.3, -0.25) is 0 Å². The van der Waals surface area contributed by atoms with E-state index in [1.807, 2.05) is 48.5 Å². The van der Waals surface area contributed by atoms with Crippen LogP contribution in [-0.4, -0.2) is 71.0 Å². The van der Waals surface area contributed by atoms with Crippen molar-refractivity contribution >= 4 is 27.1 Å². The normalized spacial score (nSPS) is 26.7. The first-order valence-electron chi connectivity index (χ1n) is 14.4. The first-order chi connectivity index (χ1) is 19.8. The zero-order valence-corrected chi connectivity index (χ0v) is 28.3. The fourth-order valence-electron chi connectivity index (χ4n) is 4.41. The molecule has 8 unspecified atom stereocenters. The molecule has 0 amide bonds. The van der Waals surface area contributed by atoms with E-state index in [0.717, 1.165) is 6.42 Å². The van der Waals surface area contributed by atoms with Crippen LogP contribution < -0.4 is 0 Å². The van der Waals surface area contributed by atoms with Crippen LogP contribution in [0.25, 0.3) is 0 Å². The van der Waals surface area contributed by atoms with E-state index in [4.69, 9.17) is 43.9 Å². The highest BCUT2D eigenvalue weighted by Crippen LogP contribution is 2.56. The van der Waals surface area contributed by atoms with Gasteiger partial charge in [-0.1, -0.05) is 48.5 Å². The first kappa shape index (κ1) is 35.4. The van der Waals surface area contributed by atoms with Gasteiger partial charge in [-0.15, -0.1) is 0 Å². The van der Waals surface area contributed by atoms with Gasteiger partial charge in [0.05, 0.1) is 62.1 Å². The summed E-state index contributed by atoms with van der Waals surface area (Å²) < 4.78 is 45.3. The molecule has 0 aliphatic carbocycles. The van der Waals surface area contributed by atoms with Gasteiger partial charge in [0.1, 0.15) is 18.8 Å². The van der Waals surface area contributed by atoms with Crippen LogP contribution in [0.2, 0.25) is 0 Å². The molecule has 8 atom stereocenters. The van der Waals surface area contributed by atoms with Crippen LogP contribution in [0.4, 0.5) is 0 Å². The molecular formula is C27H45N5O7P2S. The standard InChI is InChI=1S/C27H45N5O7P2S/c1-8-20-22(12-16-33-20)38-41(42,39-25(10-14-29)27(5,6)7)35-17-23-21(11-15-34-23)36-40(32-19-30-18-31-32)37-24(9-13-28)26(2,3)4/h18-25H,8-12,15-17H2,1-7H3. The Morgan fingerprint density at radius 2 is 1.64 bits per heavy atom. The molecule has 1 aromatic rings. The molecule has 236 valence electrons. The Morgan fingerprint density at radius 3 is 2.21 bits per heavy atom. The zero-order chi connectivity index (χ0) is 31.0. The molecule has 0 radical (unpaired) electrons.